The molecular formula is C23H22Cl2N2O2. The minimum Gasteiger partial charge on any atom is -0.486 e. The molecule has 2 aromatic carbocycles. The van der Waals surface area contributed by atoms with Crippen LogP contribution in [0.25, 0.3) is 6.08 Å². The van der Waals surface area contributed by atoms with Crippen molar-refractivity contribution in [2.75, 3.05) is 0 Å². The van der Waals surface area contributed by atoms with Crippen LogP contribution >= 0.6 is 23.2 Å². The quantitative estimate of drug-likeness (QED) is 0.463. The van der Waals surface area contributed by atoms with Gasteiger partial charge in [0.15, 0.2) is 5.75 Å². The van der Waals surface area contributed by atoms with Crippen molar-refractivity contribution in [2.24, 2.45) is 0 Å². The third-order valence-corrected chi connectivity index (χ3v) is 5.45. The molecule has 0 aromatic heterocycles. The predicted molar refractivity (Wildman–Crippen MR) is 116 cm³/mol. The van der Waals surface area contributed by atoms with Crippen LogP contribution in [0.2, 0.25) is 10.0 Å². The summed E-state index contributed by atoms with van der Waals surface area (Å²) in [5.41, 5.74) is 2.77. The molecule has 0 aliphatic heterocycles. The van der Waals surface area contributed by atoms with Crippen LogP contribution in [0, 0.1) is 18.3 Å². The zero-order valence-corrected chi connectivity index (χ0v) is 17.7. The average molecular weight is 429 g/mol. The molecule has 0 spiro atoms. The van der Waals surface area contributed by atoms with Crippen LogP contribution in [0.1, 0.15) is 42.4 Å². The highest BCUT2D eigenvalue weighted by Crippen LogP contribution is 2.35. The van der Waals surface area contributed by atoms with Crippen LogP contribution in [-0.2, 0) is 11.4 Å². The van der Waals surface area contributed by atoms with Crippen LogP contribution in [-0.4, -0.2) is 11.9 Å². The molecule has 0 saturated heterocycles. The monoisotopic (exact) mass is 428 g/mol. The zero-order chi connectivity index (χ0) is 20.8. The highest BCUT2D eigenvalue weighted by molar-refractivity contribution is 6.37. The van der Waals surface area contributed by atoms with Crippen LogP contribution in [0.15, 0.2) is 42.0 Å². The van der Waals surface area contributed by atoms with E-state index < -0.39 is 0 Å². The molecule has 1 N–H and O–H groups in total. The molecule has 0 unspecified atom stereocenters. The van der Waals surface area contributed by atoms with Gasteiger partial charge in [0.05, 0.1) is 10.0 Å². The Morgan fingerprint density at radius 3 is 2.41 bits per heavy atom. The van der Waals surface area contributed by atoms with Crippen LogP contribution < -0.4 is 10.1 Å². The van der Waals surface area contributed by atoms with Gasteiger partial charge in [-0.15, -0.1) is 0 Å². The lowest BCUT2D eigenvalue weighted by atomic mass is 10.1. The smallest absolute Gasteiger partial charge is 0.262 e. The number of benzene rings is 2. The first kappa shape index (κ1) is 21.2. The molecule has 1 saturated carbocycles. The van der Waals surface area contributed by atoms with Crippen molar-refractivity contribution in [1.29, 1.82) is 5.26 Å². The molecule has 1 aliphatic carbocycles. The van der Waals surface area contributed by atoms with Crippen molar-refractivity contribution in [3.05, 3.63) is 68.7 Å². The molecule has 3 rings (SSSR count). The van der Waals surface area contributed by atoms with Gasteiger partial charge in [0.1, 0.15) is 18.2 Å². The topological polar surface area (TPSA) is 62.1 Å². The second-order valence-corrected chi connectivity index (χ2v) is 8.03. The number of hydrogen-bond acceptors (Lipinski definition) is 3. The van der Waals surface area contributed by atoms with E-state index in [1.807, 2.05) is 37.3 Å². The van der Waals surface area contributed by atoms with Gasteiger partial charge in [-0.25, -0.2) is 0 Å². The molecule has 6 heteroatoms. The van der Waals surface area contributed by atoms with Gasteiger partial charge in [-0.1, -0.05) is 65.9 Å². The van der Waals surface area contributed by atoms with E-state index in [2.05, 4.69) is 5.32 Å². The lowest BCUT2D eigenvalue weighted by molar-refractivity contribution is -0.117. The number of amides is 1. The van der Waals surface area contributed by atoms with Crippen molar-refractivity contribution in [2.45, 2.75) is 45.3 Å². The molecule has 1 fully saturated rings. The van der Waals surface area contributed by atoms with Crippen molar-refractivity contribution in [3.8, 4) is 11.8 Å². The highest BCUT2D eigenvalue weighted by Gasteiger charge is 2.19. The number of halogens is 2. The fourth-order valence-corrected chi connectivity index (χ4v) is 3.90. The second kappa shape index (κ2) is 9.82. The summed E-state index contributed by atoms with van der Waals surface area (Å²) >= 11 is 12.7. The van der Waals surface area contributed by atoms with Gasteiger partial charge in [0.2, 0.25) is 0 Å². The predicted octanol–water partition coefficient (Wildman–Crippen LogP) is 5.85. The minimum atomic E-state index is -0.369. The number of ether oxygens (including phenoxy) is 1. The number of hydrogen-bond donors (Lipinski definition) is 1. The lowest BCUT2D eigenvalue weighted by Gasteiger charge is -2.12. The lowest BCUT2D eigenvalue weighted by Crippen LogP contribution is -2.33. The Labute approximate surface area is 181 Å². The largest absolute Gasteiger partial charge is 0.486 e. The summed E-state index contributed by atoms with van der Waals surface area (Å²) in [7, 11) is 0. The summed E-state index contributed by atoms with van der Waals surface area (Å²) in [6, 6.07) is 13.4. The molecule has 1 amide bonds. The Kier molecular flexibility index (Phi) is 7.19. The van der Waals surface area contributed by atoms with Crippen molar-refractivity contribution in [1.82, 2.24) is 5.32 Å². The normalized spacial score (nSPS) is 14.5. The van der Waals surface area contributed by atoms with E-state index in [4.69, 9.17) is 27.9 Å². The van der Waals surface area contributed by atoms with Gasteiger partial charge in [-0.2, -0.15) is 5.26 Å². The number of carbonyl (C=O) groups is 1. The molecule has 0 heterocycles. The first-order chi connectivity index (χ1) is 14.0. The number of nitrogens with one attached hydrogen (secondary N) is 1. The van der Waals surface area contributed by atoms with Gasteiger partial charge < -0.3 is 10.1 Å². The molecule has 0 radical (unpaired) electrons. The van der Waals surface area contributed by atoms with E-state index in [9.17, 15) is 10.1 Å². The fraction of sp³-hybridized carbons (Fsp3) is 0.304. The highest BCUT2D eigenvalue weighted by atomic mass is 35.5. The molecular weight excluding hydrogens is 407 g/mol. The van der Waals surface area contributed by atoms with E-state index >= 15 is 0 Å². The summed E-state index contributed by atoms with van der Waals surface area (Å²) < 4.78 is 5.79. The minimum absolute atomic E-state index is 0.0253. The Hall–Kier alpha value is -2.48. The number of aryl methyl sites for hydroxylation is 1. The Morgan fingerprint density at radius 2 is 1.83 bits per heavy atom. The van der Waals surface area contributed by atoms with E-state index in [0.717, 1.165) is 31.2 Å². The number of carbonyl (C=O) groups excluding carboxylic acids is 1. The van der Waals surface area contributed by atoms with E-state index in [-0.39, 0.29) is 17.5 Å². The first-order valence-corrected chi connectivity index (χ1v) is 10.3. The fourth-order valence-electron chi connectivity index (χ4n) is 3.29. The van der Waals surface area contributed by atoms with E-state index in [1.54, 1.807) is 12.1 Å². The summed E-state index contributed by atoms with van der Waals surface area (Å²) in [4.78, 5) is 12.4. The number of nitrogens with zero attached hydrogens (tertiary/aromatic N) is 1. The van der Waals surface area contributed by atoms with E-state index in [0.29, 0.717) is 28.0 Å². The maximum Gasteiger partial charge on any atom is 0.262 e. The molecule has 1 aliphatic rings. The summed E-state index contributed by atoms with van der Waals surface area (Å²) in [5.74, 6) is 0.00585. The number of nitriles is 1. The first-order valence-electron chi connectivity index (χ1n) is 9.56. The van der Waals surface area contributed by atoms with Gasteiger partial charge >= 0.3 is 0 Å². The van der Waals surface area contributed by atoms with Crippen molar-refractivity contribution < 1.29 is 9.53 Å². The molecule has 29 heavy (non-hydrogen) atoms. The Balaban J connectivity index is 1.73. The molecule has 150 valence electrons. The van der Waals surface area contributed by atoms with E-state index in [1.165, 1.54) is 11.6 Å². The maximum atomic E-state index is 12.4. The van der Waals surface area contributed by atoms with Gasteiger partial charge in [-0.3, -0.25) is 4.79 Å². The molecule has 4 nitrogen and oxygen atoms in total. The Morgan fingerprint density at radius 1 is 1.21 bits per heavy atom. The second-order valence-electron chi connectivity index (χ2n) is 7.21. The van der Waals surface area contributed by atoms with Gasteiger partial charge in [0, 0.05) is 6.04 Å². The third kappa shape index (κ3) is 5.76. The average Bonchev–Trinajstić information content (AvgIpc) is 3.19. The van der Waals surface area contributed by atoms with Crippen LogP contribution in [0.5, 0.6) is 5.75 Å². The zero-order valence-electron chi connectivity index (χ0n) is 16.2. The maximum absolute atomic E-state index is 12.4. The summed E-state index contributed by atoms with van der Waals surface area (Å²) in [6.45, 7) is 2.36. The molecule has 0 atom stereocenters. The molecule has 0 bridgehead atoms. The molecule has 2 aromatic rings. The van der Waals surface area contributed by atoms with Gasteiger partial charge in [0.25, 0.3) is 5.91 Å². The number of rotatable bonds is 6. The SMILES string of the molecule is Cc1ccc(COc2c(Cl)cc(/C=C(/C#N)C(=O)NC3CCCC3)cc2Cl)cc1. The standard InChI is InChI=1S/C23H22Cl2N2O2/c1-15-6-8-16(9-7-15)14-29-22-20(24)11-17(12-21(22)25)10-18(13-26)23(28)27-19-4-2-3-5-19/h6-12,19H,2-5,14H2,1H3,(H,27,28)/b18-10-. The van der Waals surface area contributed by atoms with Crippen LogP contribution in [0.3, 0.4) is 0 Å². The van der Waals surface area contributed by atoms with Gasteiger partial charge in [-0.05, 0) is 49.1 Å². The van der Waals surface area contributed by atoms with Crippen LogP contribution in [0.4, 0.5) is 0 Å². The third-order valence-electron chi connectivity index (χ3n) is 4.89. The Bertz CT molecular complexity index is 933. The van der Waals surface area contributed by atoms with Crippen molar-refractivity contribution in [3.63, 3.8) is 0 Å². The summed E-state index contributed by atoms with van der Waals surface area (Å²) in [5, 5.41) is 12.9. The summed E-state index contributed by atoms with van der Waals surface area (Å²) in [6.07, 6.45) is 5.60. The van der Waals surface area contributed by atoms with Crippen molar-refractivity contribution >= 4 is 35.2 Å².